The number of carbonyl (C=O) groups is 1. The molecule has 0 N–H and O–H groups in total. The van der Waals surface area contributed by atoms with Crippen LogP contribution in [0.3, 0.4) is 0 Å². The van der Waals surface area contributed by atoms with Crippen LogP contribution in [0.4, 0.5) is 0 Å². The van der Waals surface area contributed by atoms with E-state index in [2.05, 4.69) is 4.98 Å². The second-order valence-electron chi connectivity index (χ2n) is 4.29. The van der Waals surface area contributed by atoms with Crippen molar-refractivity contribution < 1.29 is 9.53 Å². The normalized spacial score (nSPS) is 15.9. The van der Waals surface area contributed by atoms with Crippen molar-refractivity contribution in [2.24, 2.45) is 0 Å². The molecule has 0 saturated carbocycles. The minimum Gasteiger partial charge on any atom is -0.378 e. The van der Waals surface area contributed by atoms with Crippen molar-refractivity contribution in [1.82, 2.24) is 9.88 Å². The summed E-state index contributed by atoms with van der Waals surface area (Å²) in [5, 5.41) is 0.997. The Morgan fingerprint density at radius 3 is 2.78 bits per heavy atom. The fraction of sp³-hybridized carbons (Fsp3) is 0.286. The third-order valence-electron chi connectivity index (χ3n) is 3.16. The molecule has 3 rings (SSSR count). The molecule has 1 aromatic heterocycles. The van der Waals surface area contributed by atoms with Crippen LogP contribution in [-0.4, -0.2) is 42.1 Å². The first kappa shape index (κ1) is 11.2. The summed E-state index contributed by atoms with van der Waals surface area (Å²) in [6.07, 6.45) is 1.72. The summed E-state index contributed by atoms with van der Waals surface area (Å²) < 4.78 is 5.26. The van der Waals surface area contributed by atoms with Crippen LogP contribution in [-0.2, 0) is 4.74 Å². The maximum Gasteiger partial charge on any atom is 0.256 e. The Labute approximate surface area is 105 Å². The summed E-state index contributed by atoms with van der Waals surface area (Å²) in [7, 11) is 0. The van der Waals surface area contributed by atoms with Crippen molar-refractivity contribution in [3.8, 4) is 0 Å². The highest BCUT2D eigenvalue weighted by Crippen LogP contribution is 2.18. The molecule has 4 heteroatoms. The Hall–Kier alpha value is -1.94. The Morgan fingerprint density at radius 1 is 1.17 bits per heavy atom. The number of nitrogens with zero attached hydrogens (tertiary/aromatic N) is 2. The zero-order chi connectivity index (χ0) is 12.4. The van der Waals surface area contributed by atoms with Gasteiger partial charge < -0.3 is 9.64 Å². The summed E-state index contributed by atoms with van der Waals surface area (Å²) >= 11 is 0. The second-order valence-corrected chi connectivity index (χ2v) is 4.29. The number of amides is 1. The number of hydrogen-bond acceptors (Lipinski definition) is 3. The van der Waals surface area contributed by atoms with Gasteiger partial charge in [0, 0.05) is 24.7 Å². The van der Waals surface area contributed by atoms with Gasteiger partial charge in [-0.1, -0.05) is 18.2 Å². The molecule has 0 bridgehead atoms. The van der Waals surface area contributed by atoms with Crippen LogP contribution in [0.1, 0.15) is 10.4 Å². The fourth-order valence-electron chi connectivity index (χ4n) is 2.21. The molecule has 2 heterocycles. The van der Waals surface area contributed by atoms with E-state index in [0.717, 1.165) is 10.9 Å². The molecule has 1 saturated heterocycles. The molecular formula is C14H14N2O2. The van der Waals surface area contributed by atoms with Crippen molar-refractivity contribution in [3.63, 3.8) is 0 Å². The molecule has 1 fully saturated rings. The summed E-state index contributed by atoms with van der Waals surface area (Å²) in [5.74, 6) is 0.0441. The molecule has 1 aliphatic rings. The molecule has 1 amide bonds. The number of carbonyl (C=O) groups excluding carboxylic acids is 1. The lowest BCUT2D eigenvalue weighted by Gasteiger charge is -2.27. The van der Waals surface area contributed by atoms with Crippen molar-refractivity contribution in [1.29, 1.82) is 0 Å². The standard InChI is InChI=1S/C14H14N2O2/c17-14(16-7-9-18-10-8-16)12-5-1-3-11-4-2-6-15-13(11)12/h1-6H,7-10H2. The van der Waals surface area contributed by atoms with Crippen LogP contribution in [0.15, 0.2) is 36.5 Å². The van der Waals surface area contributed by atoms with Gasteiger partial charge in [-0.2, -0.15) is 0 Å². The van der Waals surface area contributed by atoms with Gasteiger partial charge in [-0.25, -0.2) is 0 Å². The van der Waals surface area contributed by atoms with Crippen molar-refractivity contribution in [2.75, 3.05) is 26.3 Å². The lowest BCUT2D eigenvalue weighted by molar-refractivity contribution is 0.0304. The van der Waals surface area contributed by atoms with E-state index >= 15 is 0 Å². The van der Waals surface area contributed by atoms with E-state index in [1.807, 2.05) is 35.2 Å². The average Bonchev–Trinajstić information content (AvgIpc) is 2.47. The lowest BCUT2D eigenvalue weighted by atomic mass is 10.1. The highest BCUT2D eigenvalue weighted by atomic mass is 16.5. The van der Waals surface area contributed by atoms with E-state index in [9.17, 15) is 4.79 Å². The molecule has 1 aromatic carbocycles. The van der Waals surface area contributed by atoms with Crippen molar-refractivity contribution in [2.45, 2.75) is 0 Å². The summed E-state index contributed by atoms with van der Waals surface area (Å²) in [6.45, 7) is 2.54. The molecule has 2 aromatic rings. The van der Waals surface area contributed by atoms with Gasteiger partial charge in [-0.15, -0.1) is 0 Å². The number of hydrogen-bond donors (Lipinski definition) is 0. The first-order valence-electron chi connectivity index (χ1n) is 6.07. The number of aromatic nitrogens is 1. The highest BCUT2D eigenvalue weighted by Gasteiger charge is 2.20. The van der Waals surface area contributed by atoms with Gasteiger partial charge in [0.15, 0.2) is 0 Å². The highest BCUT2D eigenvalue weighted by molar-refractivity contribution is 6.05. The fourth-order valence-corrected chi connectivity index (χ4v) is 2.21. The molecule has 0 radical (unpaired) electrons. The average molecular weight is 242 g/mol. The van der Waals surface area contributed by atoms with Crippen molar-refractivity contribution in [3.05, 3.63) is 42.1 Å². The van der Waals surface area contributed by atoms with Crippen LogP contribution >= 0.6 is 0 Å². The van der Waals surface area contributed by atoms with E-state index in [1.54, 1.807) is 6.20 Å². The van der Waals surface area contributed by atoms with Gasteiger partial charge in [-0.3, -0.25) is 9.78 Å². The number of pyridine rings is 1. The molecule has 92 valence electrons. The molecule has 0 atom stereocenters. The zero-order valence-corrected chi connectivity index (χ0v) is 10.0. The molecule has 1 aliphatic heterocycles. The SMILES string of the molecule is O=C(c1cccc2cccnc12)N1CCOCC1. The van der Waals surface area contributed by atoms with Gasteiger partial charge in [0.1, 0.15) is 0 Å². The van der Waals surface area contributed by atoms with Crippen molar-refractivity contribution >= 4 is 16.8 Å². The number of fused-ring (bicyclic) bond motifs is 1. The topological polar surface area (TPSA) is 42.4 Å². The molecule has 0 aliphatic carbocycles. The van der Waals surface area contributed by atoms with E-state index in [0.29, 0.717) is 31.9 Å². The number of para-hydroxylation sites is 1. The predicted molar refractivity (Wildman–Crippen MR) is 68.5 cm³/mol. The molecule has 0 unspecified atom stereocenters. The van der Waals surface area contributed by atoms with Gasteiger partial charge in [0.2, 0.25) is 0 Å². The smallest absolute Gasteiger partial charge is 0.256 e. The van der Waals surface area contributed by atoms with Gasteiger partial charge >= 0.3 is 0 Å². The van der Waals surface area contributed by atoms with Crippen LogP contribution in [0.25, 0.3) is 10.9 Å². The Morgan fingerprint density at radius 2 is 1.94 bits per heavy atom. The number of rotatable bonds is 1. The molecular weight excluding hydrogens is 228 g/mol. The Bertz CT molecular complexity index is 572. The first-order valence-corrected chi connectivity index (χ1v) is 6.07. The summed E-state index contributed by atoms with van der Waals surface area (Å²) in [4.78, 5) is 18.6. The van der Waals surface area contributed by atoms with Crippen LogP contribution < -0.4 is 0 Å². The van der Waals surface area contributed by atoms with Crippen LogP contribution in [0.5, 0.6) is 0 Å². The Balaban J connectivity index is 2.00. The third kappa shape index (κ3) is 1.95. The van der Waals surface area contributed by atoms with Crippen LogP contribution in [0.2, 0.25) is 0 Å². The van der Waals surface area contributed by atoms with Gasteiger partial charge in [-0.05, 0) is 12.1 Å². The van der Waals surface area contributed by atoms with Crippen LogP contribution in [0, 0.1) is 0 Å². The maximum atomic E-state index is 12.4. The Kier molecular flexibility index (Phi) is 2.94. The number of morpholine rings is 1. The van der Waals surface area contributed by atoms with Gasteiger partial charge in [0.25, 0.3) is 5.91 Å². The lowest BCUT2D eigenvalue weighted by Crippen LogP contribution is -2.40. The molecule has 4 nitrogen and oxygen atoms in total. The number of ether oxygens (including phenoxy) is 1. The summed E-state index contributed by atoms with van der Waals surface area (Å²) in [5.41, 5.74) is 1.45. The first-order chi connectivity index (χ1) is 8.86. The third-order valence-corrected chi connectivity index (χ3v) is 3.16. The monoisotopic (exact) mass is 242 g/mol. The van der Waals surface area contributed by atoms with Gasteiger partial charge in [0.05, 0.1) is 24.3 Å². The second kappa shape index (κ2) is 4.74. The predicted octanol–water partition coefficient (Wildman–Crippen LogP) is 1.71. The minimum atomic E-state index is 0.0441. The molecule has 0 spiro atoms. The summed E-state index contributed by atoms with van der Waals surface area (Å²) in [6, 6.07) is 9.56. The van der Waals surface area contributed by atoms with E-state index < -0.39 is 0 Å². The maximum absolute atomic E-state index is 12.4. The van der Waals surface area contributed by atoms with E-state index in [4.69, 9.17) is 4.74 Å². The largest absolute Gasteiger partial charge is 0.378 e. The molecule has 18 heavy (non-hydrogen) atoms. The number of benzene rings is 1. The van der Waals surface area contributed by atoms with E-state index in [-0.39, 0.29) is 5.91 Å². The quantitative estimate of drug-likeness (QED) is 0.764. The minimum absolute atomic E-state index is 0.0441. The van der Waals surface area contributed by atoms with E-state index in [1.165, 1.54) is 0 Å². The zero-order valence-electron chi connectivity index (χ0n) is 10.0.